The lowest BCUT2D eigenvalue weighted by Gasteiger charge is -1.95. The highest BCUT2D eigenvalue weighted by Gasteiger charge is 2.19. The van der Waals surface area contributed by atoms with E-state index in [4.69, 9.17) is 8.97 Å². The third-order valence-electron chi connectivity index (χ3n) is 1.55. The molecule has 1 heterocycles. The average Bonchev–Trinajstić information content (AvgIpc) is 2.46. The SMILES string of the molecule is COC(=O)c1occ(S(=O)O)c1C. The fourth-order valence-electron chi connectivity index (χ4n) is 0.867. The van der Waals surface area contributed by atoms with Gasteiger partial charge in [-0.05, 0) is 6.92 Å². The number of hydrogen-bond acceptors (Lipinski definition) is 4. The third kappa shape index (κ3) is 1.78. The van der Waals surface area contributed by atoms with Crippen molar-refractivity contribution in [3.05, 3.63) is 17.6 Å². The first-order chi connectivity index (χ1) is 6.07. The predicted molar refractivity (Wildman–Crippen MR) is 43.8 cm³/mol. The largest absolute Gasteiger partial charge is 0.463 e. The van der Waals surface area contributed by atoms with E-state index in [0.717, 1.165) is 6.26 Å². The number of ether oxygens (including phenoxy) is 1. The van der Waals surface area contributed by atoms with Crippen LogP contribution in [0.25, 0.3) is 0 Å². The molecule has 0 radical (unpaired) electrons. The van der Waals surface area contributed by atoms with Gasteiger partial charge in [-0.2, -0.15) is 0 Å². The Balaban J connectivity index is 3.13. The lowest BCUT2D eigenvalue weighted by Crippen LogP contribution is -2.01. The topological polar surface area (TPSA) is 76.7 Å². The van der Waals surface area contributed by atoms with Gasteiger partial charge in [-0.15, -0.1) is 0 Å². The zero-order valence-corrected chi connectivity index (χ0v) is 7.88. The molecule has 1 aromatic heterocycles. The smallest absolute Gasteiger partial charge is 0.374 e. The van der Waals surface area contributed by atoms with E-state index in [-0.39, 0.29) is 10.7 Å². The summed E-state index contributed by atoms with van der Waals surface area (Å²) in [5, 5.41) is 0. The second-order valence-electron chi connectivity index (χ2n) is 2.29. The first-order valence-electron chi connectivity index (χ1n) is 3.35. The molecule has 0 spiro atoms. The lowest BCUT2D eigenvalue weighted by molar-refractivity contribution is 0.0564. The van der Waals surface area contributed by atoms with Gasteiger partial charge >= 0.3 is 5.97 Å². The van der Waals surface area contributed by atoms with Gasteiger partial charge in [-0.25, -0.2) is 9.00 Å². The Morgan fingerprint density at radius 1 is 1.69 bits per heavy atom. The van der Waals surface area contributed by atoms with Crippen molar-refractivity contribution in [3.63, 3.8) is 0 Å². The summed E-state index contributed by atoms with van der Waals surface area (Å²) in [5.74, 6) is -0.700. The minimum Gasteiger partial charge on any atom is -0.463 e. The minimum atomic E-state index is -2.14. The van der Waals surface area contributed by atoms with Crippen LogP contribution in [0.1, 0.15) is 16.1 Å². The first kappa shape index (κ1) is 9.94. The summed E-state index contributed by atoms with van der Waals surface area (Å²) >= 11 is -2.14. The molecule has 0 saturated heterocycles. The van der Waals surface area contributed by atoms with Crippen LogP contribution in [0.4, 0.5) is 0 Å². The zero-order valence-electron chi connectivity index (χ0n) is 7.07. The highest BCUT2D eigenvalue weighted by Crippen LogP contribution is 2.19. The fraction of sp³-hybridized carbons (Fsp3) is 0.286. The monoisotopic (exact) mass is 204 g/mol. The summed E-state index contributed by atoms with van der Waals surface area (Å²) in [6, 6.07) is 0. The van der Waals surface area contributed by atoms with Crippen molar-refractivity contribution in [1.82, 2.24) is 0 Å². The summed E-state index contributed by atoms with van der Waals surface area (Å²) < 4.78 is 28.6. The Hall–Kier alpha value is -1.14. The van der Waals surface area contributed by atoms with Crippen LogP contribution >= 0.6 is 0 Å². The molecule has 13 heavy (non-hydrogen) atoms. The Kier molecular flexibility index (Phi) is 2.84. The molecule has 6 heteroatoms. The van der Waals surface area contributed by atoms with Crippen LogP contribution in [0, 0.1) is 6.92 Å². The average molecular weight is 204 g/mol. The molecule has 1 N–H and O–H groups in total. The molecule has 1 aromatic rings. The number of esters is 1. The van der Waals surface area contributed by atoms with Crippen LogP contribution in [-0.4, -0.2) is 21.8 Å². The molecule has 5 nitrogen and oxygen atoms in total. The summed E-state index contributed by atoms with van der Waals surface area (Å²) in [6.45, 7) is 1.51. The minimum absolute atomic E-state index is 0.0418. The van der Waals surface area contributed by atoms with Gasteiger partial charge in [0.05, 0.1) is 7.11 Å². The number of carbonyl (C=O) groups is 1. The van der Waals surface area contributed by atoms with E-state index in [2.05, 4.69) is 4.74 Å². The van der Waals surface area contributed by atoms with Crippen molar-refractivity contribution in [2.24, 2.45) is 0 Å². The number of methoxy groups -OCH3 is 1. The molecule has 1 rings (SSSR count). The van der Waals surface area contributed by atoms with E-state index in [0.29, 0.717) is 5.56 Å². The second kappa shape index (κ2) is 3.71. The molecule has 0 fully saturated rings. The van der Waals surface area contributed by atoms with Crippen molar-refractivity contribution < 1.29 is 22.7 Å². The highest BCUT2D eigenvalue weighted by atomic mass is 32.2. The molecular weight excluding hydrogens is 196 g/mol. The Labute approximate surface area is 77.0 Å². The molecule has 0 amide bonds. The molecule has 1 unspecified atom stereocenters. The quantitative estimate of drug-likeness (QED) is 0.573. The van der Waals surface area contributed by atoms with Gasteiger partial charge in [-0.3, -0.25) is 0 Å². The zero-order chi connectivity index (χ0) is 10.0. The predicted octanol–water partition coefficient (Wildman–Crippen LogP) is 0.955. The van der Waals surface area contributed by atoms with Crippen LogP contribution < -0.4 is 0 Å². The summed E-state index contributed by atoms with van der Waals surface area (Å²) in [6.07, 6.45) is 1.07. The van der Waals surface area contributed by atoms with Gasteiger partial charge in [0, 0.05) is 5.56 Å². The Morgan fingerprint density at radius 3 is 2.69 bits per heavy atom. The van der Waals surface area contributed by atoms with Gasteiger partial charge in [0.1, 0.15) is 11.2 Å². The van der Waals surface area contributed by atoms with E-state index < -0.39 is 17.0 Å². The van der Waals surface area contributed by atoms with Crippen molar-refractivity contribution in [3.8, 4) is 0 Å². The van der Waals surface area contributed by atoms with Gasteiger partial charge in [-0.1, -0.05) is 0 Å². The first-order valence-corrected chi connectivity index (χ1v) is 4.46. The number of carbonyl (C=O) groups excluding carboxylic acids is 1. The summed E-state index contributed by atoms with van der Waals surface area (Å²) in [4.78, 5) is 11.1. The highest BCUT2D eigenvalue weighted by molar-refractivity contribution is 7.79. The van der Waals surface area contributed by atoms with E-state index >= 15 is 0 Å². The van der Waals surface area contributed by atoms with Crippen molar-refractivity contribution in [1.29, 1.82) is 0 Å². The van der Waals surface area contributed by atoms with Gasteiger partial charge in [0.2, 0.25) is 5.76 Å². The Bertz CT molecular complexity index is 354. The van der Waals surface area contributed by atoms with E-state index in [1.165, 1.54) is 14.0 Å². The maximum absolute atomic E-state index is 11.0. The molecular formula is C7H8O5S. The molecule has 0 aliphatic rings. The molecule has 0 aliphatic carbocycles. The lowest BCUT2D eigenvalue weighted by atomic mass is 10.3. The molecule has 0 aromatic carbocycles. The third-order valence-corrected chi connectivity index (χ3v) is 2.33. The molecule has 0 saturated carbocycles. The number of furan rings is 1. The van der Waals surface area contributed by atoms with Crippen LogP contribution in [0.5, 0.6) is 0 Å². The van der Waals surface area contributed by atoms with E-state index in [1.807, 2.05) is 0 Å². The van der Waals surface area contributed by atoms with Crippen LogP contribution in [-0.2, 0) is 15.8 Å². The summed E-state index contributed by atoms with van der Waals surface area (Å²) in [7, 11) is 1.21. The Morgan fingerprint density at radius 2 is 2.31 bits per heavy atom. The summed E-state index contributed by atoms with van der Waals surface area (Å²) in [5.41, 5.74) is 0.327. The maximum atomic E-state index is 11.0. The van der Waals surface area contributed by atoms with Crippen molar-refractivity contribution in [2.75, 3.05) is 7.11 Å². The fourth-order valence-corrected chi connectivity index (χ4v) is 1.35. The van der Waals surface area contributed by atoms with Gasteiger partial charge in [0.15, 0.2) is 11.1 Å². The van der Waals surface area contributed by atoms with E-state index in [1.54, 1.807) is 0 Å². The van der Waals surface area contributed by atoms with Crippen LogP contribution in [0.3, 0.4) is 0 Å². The van der Waals surface area contributed by atoms with E-state index in [9.17, 15) is 9.00 Å². The normalized spacial score (nSPS) is 12.5. The second-order valence-corrected chi connectivity index (χ2v) is 3.23. The van der Waals surface area contributed by atoms with Crippen LogP contribution in [0.15, 0.2) is 15.6 Å². The standard InChI is InChI=1S/C7H8O5S/c1-4-5(13(9)10)3-12-6(4)7(8)11-2/h3H,1-2H3,(H,9,10). The maximum Gasteiger partial charge on any atom is 0.374 e. The molecule has 0 bridgehead atoms. The molecule has 0 aliphatic heterocycles. The van der Waals surface area contributed by atoms with Crippen LogP contribution in [0.2, 0.25) is 0 Å². The number of hydrogen-bond donors (Lipinski definition) is 1. The number of rotatable bonds is 2. The van der Waals surface area contributed by atoms with Crippen molar-refractivity contribution >= 4 is 17.0 Å². The van der Waals surface area contributed by atoms with Gasteiger partial charge < -0.3 is 13.7 Å². The molecule has 1 atom stereocenters. The van der Waals surface area contributed by atoms with Crippen molar-refractivity contribution in [2.45, 2.75) is 11.8 Å². The van der Waals surface area contributed by atoms with Gasteiger partial charge in [0.25, 0.3) is 0 Å². The molecule has 72 valence electrons.